The van der Waals surface area contributed by atoms with Crippen molar-refractivity contribution in [2.75, 3.05) is 33.7 Å². The van der Waals surface area contributed by atoms with Gasteiger partial charge >= 0.3 is 0 Å². The van der Waals surface area contributed by atoms with E-state index in [2.05, 4.69) is 50.3 Å². The summed E-state index contributed by atoms with van der Waals surface area (Å²) in [4.78, 5) is 4.55. The fourth-order valence-corrected chi connectivity index (χ4v) is 3.08. The van der Waals surface area contributed by atoms with Gasteiger partial charge in [0.05, 0.1) is 27.2 Å². The third kappa shape index (κ3) is 11.4. The standard InChI is InChI=1S/C22H39N2/c1-4-5-6-7-8-9-10-14-19-24(2,3)20-15-18-23-21-22-16-12-11-13-17-22/h11-13,16-17,21H,4-10,14-15,18-20H2,1-3H3/q+1. The van der Waals surface area contributed by atoms with Crippen molar-refractivity contribution in [1.29, 1.82) is 0 Å². The van der Waals surface area contributed by atoms with Crippen molar-refractivity contribution in [3.05, 3.63) is 35.9 Å². The van der Waals surface area contributed by atoms with Gasteiger partial charge in [-0.1, -0.05) is 75.8 Å². The van der Waals surface area contributed by atoms with Crippen molar-refractivity contribution in [2.45, 2.75) is 64.7 Å². The van der Waals surface area contributed by atoms with Crippen molar-refractivity contribution in [2.24, 2.45) is 4.99 Å². The SMILES string of the molecule is CCCCCCCCCC[N+](C)(C)CCCN=Cc1ccccc1. The van der Waals surface area contributed by atoms with Crippen LogP contribution in [0.15, 0.2) is 35.3 Å². The Kier molecular flexibility index (Phi) is 11.5. The van der Waals surface area contributed by atoms with Crippen LogP contribution in [-0.4, -0.2) is 44.4 Å². The Morgan fingerprint density at radius 2 is 1.38 bits per heavy atom. The zero-order valence-electron chi connectivity index (χ0n) is 16.3. The van der Waals surface area contributed by atoms with E-state index in [0.717, 1.165) is 11.0 Å². The van der Waals surface area contributed by atoms with Crippen molar-refractivity contribution < 1.29 is 4.48 Å². The molecule has 0 heterocycles. The molecule has 24 heavy (non-hydrogen) atoms. The molecule has 1 aromatic rings. The zero-order valence-corrected chi connectivity index (χ0v) is 16.3. The van der Waals surface area contributed by atoms with Crippen LogP contribution < -0.4 is 0 Å². The van der Waals surface area contributed by atoms with E-state index < -0.39 is 0 Å². The van der Waals surface area contributed by atoms with Gasteiger partial charge < -0.3 is 4.48 Å². The average Bonchev–Trinajstić information content (AvgIpc) is 2.58. The van der Waals surface area contributed by atoms with Crippen LogP contribution in [0, 0.1) is 0 Å². The maximum Gasteiger partial charge on any atom is 0.0800 e. The van der Waals surface area contributed by atoms with E-state index in [-0.39, 0.29) is 0 Å². The predicted octanol–water partition coefficient (Wildman–Crippen LogP) is 5.71. The summed E-state index contributed by atoms with van der Waals surface area (Å²) < 4.78 is 1.14. The number of benzene rings is 1. The third-order valence-corrected chi connectivity index (χ3v) is 4.71. The molecule has 2 nitrogen and oxygen atoms in total. The molecule has 0 aliphatic carbocycles. The van der Waals surface area contributed by atoms with E-state index in [9.17, 15) is 0 Å². The Labute approximate surface area is 150 Å². The van der Waals surface area contributed by atoms with Gasteiger partial charge in [0.15, 0.2) is 0 Å². The van der Waals surface area contributed by atoms with E-state index in [1.54, 1.807) is 0 Å². The van der Waals surface area contributed by atoms with Gasteiger partial charge in [0, 0.05) is 19.2 Å². The lowest BCUT2D eigenvalue weighted by molar-refractivity contribution is -0.890. The van der Waals surface area contributed by atoms with Crippen molar-refractivity contribution in [3.63, 3.8) is 0 Å². The molecule has 0 unspecified atom stereocenters. The first kappa shape index (κ1) is 20.9. The fraction of sp³-hybridized carbons (Fsp3) is 0.682. The molecule has 0 aliphatic heterocycles. The Morgan fingerprint density at radius 1 is 0.792 bits per heavy atom. The van der Waals surface area contributed by atoms with E-state index in [1.807, 2.05) is 12.3 Å². The molecular weight excluding hydrogens is 292 g/mol. The number of unbranched alkanes of at least 4 members (excludes halogenated alkanes) is 7. The molecule has 0 saturated carbocycles. The van der Waals surface area contributed by atoms with Crippen LogP contribution in [0.2, 0.25) is 0 Å². The number of hydrogen-bond donors (Lipinski definition) is 0. The highest BCUT2D eigenvalue weighted by molar-refractivity contribution is 5.79. The molecule has 0 saturated heterocycles. The highest BCUT2D eigenvalue weighted by Crippen LogP contribution is 2.10. The van der Waals surface area contributed by atoms with Crippen LogP contribution in [-0.2, 0) is 0 Å². The monoisotopic (exact) mass is 331 g/mol. The quantitative estimate of drug-likeness (QED) is 0.235. The van der Waals surface area contributed by atoms with Crippen molar-refractivity contribution in [3.8, 4) is 0 Å². The maximum absolute atomic E-state index is 4.55. The third-order valence-electron chi connectivity index (χ3n) is 4.71. The molecule has 136 valence electrons. The molecular formula is C22H39N2+. The smallest absolute Gasteiger partial charge is 0.0800 e. The van der Waals surface area contributed by atoms with Gasteiger partial charge in [0.1, 0.15) is 0 Å². The predicted molar refractivity (Wildman–Crippen MR) is 108 cm³/mol. The summed E-state index contributed by atoms with van der Waals surface area (Å²) in [6.45, 7) is 5.75. The van der Waals surface area contributed by atoms with Crippen molar-refractivity contribution in [1.82, 2.24) is 0 Å². The first-order chi connectivity index (χ1) is 11.6. The molecule has 0 amide bonds. The minimum absolute atomic E-state index is 0.938. The number of quaternary nitrogens is 1. The average molecular weight is 332 g/mol. The molecule has 0 radical (unpaired) electrons. The Balaban J connectivity index is 2.02. The summed E-state index contributed by atoms with van der Waals surface area (Å²) >= 11 is 0. The molecule has 2 heteroatoms. The van der Waals surface area contributed by atoms with Gasteiger partial charge in [-0.3, -0.25) is 4.99 Å². The molecule has 1 rings (SSSR count). The second-order valence-corrected chi connectivity index (χ2v) is 7.66. The summed E-state index contributed by atoms with van der Waals surface area (Å²) in [5.41, 5.74) is 1.20. The van der Waals surface area contributed by atoms with E-state index in [4.69, 9.17) is 0 Å². The van der Waals surface area contributed by atoms with Crippen LogP contribution in [0.1, 0.15) is 70.3 Å². The summed E-state index contributed by atoms with van der Waals surface area (Å²) in [5, 5.41) is 0. The van der Waals surface area contributed by atoms with Crippen LogP contribution in [0.4, 0.5) is 0 Å². The summed E-state index contributed by atoms with van der Waals surface area (Å²) in [7, 11) is 4.73. The minimum Gasteiger partial charge on any atom is -0.328 e. The molecule has 0 aromatic heterocycles. The molecule has 0 fully saturated rings. The fourth-order valence-electron chi connectivity index (χ4n) is 3.08. The van der Waals surface area contributed by atoms with Gasteiger partial charge in [-0.05, 0) is 18.4 Å². The highest BCUT2D eigenvalue weighted by Gasteiger charge is 2.13. The zero-order chi connectivity index (χ0) is 17.5. The van der Waals surface area contributed by atoms with Crippen LogP contribution in [0.3, 0.4) is 0 Å². The summed E-state index contributed by atoms with van der Waals surface area (Å²) in [6.07, 6.45) is 14.4. The number of aliphatic imine (C=N–C) groups is 1. The van der Waals surface area contributed by atoms with E-state index >= 15 is 0 Å². The van der Waals surface area contributed by atoms with Gasteiger partial charge in [-0.15, -0.1) is 0 Å². The number of hydrogen-bond acceptors (Lipinski definition) is 1. The van der Waals surface area contributed by atoms with Gasteiger partial charge in [-0.25, -0.2) is 0 Å². The molecule has 0 bridgehead atoms. The number of rotatable bonds is 14. The molecule has 0 atom stereocenters. The molecule has 0 N–H and O–H groups in total. The first-order valence-corrected chi connectivity index (χ1v) is 10.0. The largest absolute Gasteiger partial charge is 0.328 e. The molecule has 0 aliphatic rings. The second-order valence-electron chi connectivity index (χ2n) is 7.66. The summed E-state index contributed by atoms with van der Waals surface area (Å²) in [6, 6.07) is 10.4. The number of nitrogens with zero attached hydrogens (tertiary/aromatic N) is 2. The van der Waals surface area contributed by atoms with Gasteiger partial charge in [0.25, 0.3) is 0 Å². The molecule has 1 aromatic carbocycles. The Morgan fingerprint density at radius 3 is 2.04 bits per heavy atom. The van der Waals surface area contributed by atoms with Crippen LogP contribution >= 0.6 is 0 Å². The Bertz CT molecular complexity index is 423. The second kappa shape index (κ2) is 13.2. The summed E-state index contributed by atoms with van der Waals surface area (Å²) in [5.74, 6) is 0. The van der Waals surface area contributed by atoms with Gasteiger partial charge in [-0.2, -0.15) is 0 Å². The minimum atomic E-state index is 0.938. The normalized spacial score (nSPS) is 12.1. The van der Waals surface area contributed by atoms with Crippen LogP contribution in [0.5, 0.6) is 0 Å². The lowest BCUT2D eigenvalue weighted by atomic mass is 10.1. The van der Waals surface area contributed by atoms with Crippen LogP contribution in [0.25, 0.3) is 0 Å². The highest BCUT2D eigenvalue weighted by atomic mass is 15.3. The van der Waals surface area contributed by atoms with Gasteiger partial charge in [0.2, 0.25) is 0 Å². The van der Waals surface area contributed by atoms with Crippen molar-refractivity contribution >= 4 is 6.21 Å². The lowest BCUT2D eigenvalue weighted by Gasteiger charge is -2.29. The Hall–Kier alpha value is -1.15. The van der Waals surface area contributed by atoms with E-state index in [1.165, 1.54) is 76.4 Å². The first-order valence-electron chi connectivity index (χ1n) is 10.0. The maximum atomic E-state index is 4.55. The topological polar surface area (TPSA) is 12.4 Å². The van der Waals surface area contributed by atoms with E-state index in [0.29, 0.717) is 0 Å². The lowest BCUT2D eigenvalue weighted by Crippen LogP contribution is -2.41. The molecule has 0 spiro atoms.